The fraction of sp³-hybridized carbons (Fsp3) is 0.524. The maximum Gasteiger partial charge on any atom is 0.220 e. The van der Waals surface area contributed by atoms with Gasteiger partial charge in [-0.2, -0.15) is 0 Å². The molecule has 4 unspecified atom stereocenters. The summed E-state index contributed by atoms with van der Waals surface area (Å²) in [4.78, 5) is 8.48. The summed E-state index contributed by atoms with van der Waals surface area (Å²) in [6.07, 6.45) is 6.13. The molecule has 4 rings (SSSR count). The Morgan fingerprint density at radius 1 is 1.07 bits per heavy atom. The van der Waals surface area contributed by atoms with Gasteiger partial charge < -0.3 is 15.9 Å². The van der Waals surface area contributed by atoms with Crippen LogP contribution in [0.5, 0.6) is 0 Å². The molecule has 144 valence electrons. The SMILES string of the molecule is Nc1nccc(C2CCCCC2(c2ccc(F)cc2)C2(O)CCC(O)C2)n1. The smallest absolute Gasteiger partial charge is 0.220 e. The van der Waals surface area contributed by atoms with Gasteiger partial charge in [0.15, 0.2) is 0 Å². The number of aliphatic hydroxyl groups is 2. The lowest BCUT2D eigenvalue weighted by Crippen LogP contribution is -2.55. The van der Waals surface area contributed by atoms with Gasteiger partial charge in [0.1, 0.15) is 5.82 Å². The van der Waals surface area contributed by atoms with Crippen molar-refractivity contribution in [2.45, 2.75) is 68.0 Å². The molecule has 2 aromatic rings. The van der Waals surface area contributed by atoms with Gasteiger partial charge in [-0.3, -0.25) is 0 Å². The van der Waals surface area contributed by atoms with Crippen LogP contribution in [-0.4, -0.2) is 31.9 Å². The van der Waals surface area contributed by atoms with Gasteiger partial charge in [-0.05, 0) is 49.4 Å². The molecule has 0 saturated heterocycles. The second-order valence-electron chi connectivity index (χ2n) is 8.04. The zero-order valence-electron chi connectivity index (χ0n) is 15.3. The first-order valence-electron chi connectivity index (χ1n) is 9.69. The van der Waals surface area contributed by atoms with Crippen LogP contribution >= 0.6 is 0 Å². The Labute approximate surface area is 158 Å². The van der Waals surface area contributed by atoms with E-state index in [1.807, 2.05) is 6.07 Å². The van der Waals surface area contributed by atoms with E-state index >= 15 is 0 Å². The van der Waals surface area contributed by atoms with E-state index in [1.54, 1.807) is 18.3 Å². The van der Waals surface area contributed by atoms with Crippen molar-refractivity contribution in [3.63, 3.8) is 0 Å². The summed E-state index contributed by atoms with van der Waals surface area (Å²) in [5, 5.41) is 22.1. The van der Waals surface area contributed by atoms with Crippen LogP contribution in [0.25, 0.3) is 0 Å². The minimum absolute atomic E-state index is 0.0719. The number of nitrogens with zero attached hydrogens (tertiary/aromatic N) is 2. The van der Waals surface area contributed by atoms with Crippen molar-refractivity contribution in [2.75, 3.05) is 5.73 Å². The summed E-state index contributed by atoms with van der Waals surface area (Å²) in [6, 6.07) is 8.32. The minimum atomic E-state index is -1.07. The number of aromatic nitrogens is 2. The Balaban J connectivity index is 1.91. The van der Waals surface area contributed by atoms with Gasteiger partial charge in [0, 0.05) is 24.0 Å². The molecule has 2 aliphatic carbocycles. The van der Waals surface area contributed by atoms with E-state index in [0.29, 0.717) is 19.3 Å². The van der Waals surface area contributed by atoms with Crippen LogP contribution in [0.2, 0.25) is 0 Å². The third kappa shape index (κ3) is 3.01. The maximum atomic E-state index is 13.6. The predicted octanol–water partition coefficient (Wildman–Crippen LogP) is 3.07. The largest absolute Gasteiger partial charge is 0.393 e. The minimum Gasteiger partial charge on any atom is -0.393 e. The molecule has 0 aliphatic heterocycles. The molecule has 27 heavy (non-hydrogen) atoms. The lowest BCUT2D eigenvalue weighted by Gasteiger charge is -2.53. The van der Waals surface area contributed by atoms with Crippen molar-refractivity contribution >= 4 is 5.95 Å². The lowest BCUT2D eigenvalue weighted by atomic mass is 9.53. The molecule has 0 spiro atoms. The standard InChI is InChI=1S/C21H26FN3O2/c22-15-6-4-14(5-7-15)21(20(27)11-8-16(26)13-20)10-2-1-3-17(21)18-9-12-24-19(23)25-18/h4-7,9,12,16-17,26-27H,1-3,8,10-11,13H2,(H2,23,24,25). The first-order valence-corrected chi connectivity index (χ1v) is 9.69. The first-order chi connectivity index (χ1) is 12.9. The number of aliphatic hydroxyl groups excluding tert-OH is 1. The van der Waals surface area contributed by atoms with Crippen molar-refractivity contribution in [3.05, 3.63) is 53.6 Å². The van der Waals surface area contributed by atoms with Crippen LogP contribution in [0.1, 0.15) is 62.1 Å². The molecule has 2 saturated carbocycles. The molecule has 5 nitrogen and oxygen atoms in total. The van der Waals surface area contributed by atoms with Gasteiger partial charge in [-0.25, -0.2) is 14.4 Å². The molecule has 2 aliphatic rings. The van der Waals surface area contributed by atoms with Crippen LogP contribution in [0.15, 0.2) is 36.5 Å². The average molecular weight is 371 g/mol. The Morgan fingerprint density at radius 3 is 2.52 bits per heavy atom. The van der Waals surface area contributed by atoms with E-state index in [1.165, 1.54) is 12.1 Å². The molecule has 4 N–H and O–H groups in total. The molecule has 0 bridgehead atoms. The van der Waals surface area contributed by atoms with Crippen LogP contribution in [0, 0.1) is 5.82 Å². The summed E-state index contributed by atoms with van der Waals surface area (Å²) in [6.45, 7) is 0. The number of benzene rings is 1. The van der Waals surface area contributed by atoms with Crippen molar-refractivity contribution < 1.29 is 14.6 Å². The number of hydrogen-bond donors (Lipinski definition) is 3. The van der Waals surface area contributed by atoms with Crippen molar-refractivity contribution in [2.24, 2.45) is 0 Å². The third-order valence-corrected chi connectivity index (χ3v) is 6.62. The molecule has 4 atom stereocenters. The highest BCUT2D eigenvalue weighted by Gasteiger charge is 2.59. The van der Waals surface area contributed by atoms with E-state index in [4.69, 9.17) is 5.73 Å². The van der Waals surface area contributed by atoms with Crippen molar-refractivity contribution in [1.82, 2.24) is 9.97 Å². The van der Waals surface area contributed by atoms with Crippen molar-refractivity contribution in [3.8, 4) is 0 Å². The molecule has 2 fully saturated rings. The quantitative estimate of drug-likeness (QED) is 0.771. The molecule has 0 amide bonds. The monoisotopic (exact) mass is 371 g/mol. The van der Waals surface area contributed by atoms with E-state index in [-0.39, 0.29) is 17.7 Å². The van der Waals surface area contributed by atoms with Crippen LogP contribution in [-0.2, 0) is 5.41 Å². The fourth-order valence-corrected chi connectivity index (χ4v) is 5.48. The highest BCUT2D eigenvalue weighted by Crippen LogP contribution is 2.59. The number of anilines is 1. The van der Waals surface area contributed by atoms with Crippen LogP contribution in [0.4, 0.5) is 10.3 Å². The number of nitrogen functional groups attached to an aromatic ring is 1. The average Bonchev–Trinajstić information content (AvgIpc) is 3.02. The second-order valence-corrected chi connectivity index (χ2v) is 8.04. The van der Waals surface area contributed by atoms with Gasteiger partial charge in [-0.1, -0.05) is 25.0 Å². The van der Waals surface area contributed by atoms with Gasteiger partial charge in [-0.15, -0.1) is 0 Å². The van der Waals surface area contributed by atoms with E-state index in [2.05, 4.69) is 9.97 Å². The van der Waals surface area contributed by atoms with E-state index in [0.717, 1.165) is 36.9 Å². The Kier molecular flexibility index (Phi) is 4.64. The van der Waals surface area contributed by atoms with Crippen molar-refractivity contribution in [1.29, 1.82) is 0 Å². The summed E-state index contributed by atoms with van der Waals surface area (Å²) in [5.41, 5.74) is 5.84. The van der Waals surface area contributed by atoms with E-state index < -0.39 is 17.1 Å². The predicted molar refractivity (Wildman–Crippen MR) is 101 cm³/mol. The first kappa shape index (κ1) is 18.3. The molecule has 0 radical (unpaired) electrons. The zero-order chi connectivity index (χ0) is 19.1. The van der Waals surface area contributed by atoms with Gasteiger partial charge in [0.25, 0.3) is 0 Å². The van der Waals surface area contributed by atoms with Crippen LogP contribution < -0.4 is 5.73 Å². The molecule has 1 heterocycles. The Bertz CT molecular complexity index is 815. The van der Waals surface area contributed by atoms with E-state index in [9.17, 15) is 14.6 Å². The summed E-state index contributed by atoms with van der Waals surface area (Å²) >= 11 is 0. The number of nitrogens with two attached hydrogens (primary N) is 1. The molecular formula is C21H26FN3O2. The second kappa shape index (κ2) is 6.84. The Morgan fingerprint density at radius 2 is 1.85 bits per heavy atom. The van der Waals surface area contributed by atoms with Gasteiger partial charge >= 0.3 is 0 Å². The fourth-order valence-electron chi connectivity index (χ4n) is 5.48. The van der Waals surface area contributed by atoms with Gasteiger partial charge in [0.05, 0.1) is 17.4 Å². The normalized spacial score (nSPS) is 33.9. The third-order valence-electron chi connectivity index (χ3n) is 6.62. The summed E-state index contributed by atoms with van der Waals surface area (Å²) < 4.78 is 13.6. The molecule has 6 heteroatoms. The highest BCUT2D eigenvalue weighted by atomic mass is 19.1. The molecule has 1 aromatic heterocycles. The zero-order valence-corrected chi connectivity index (χ0v) is 15.3. The maximum absolute atomic E-state index is 13.6. The highest BCUT2D eigenvalue weighted by molar-refractivity contribution is 5.38. The molecular weight excluding hydrogens is 345 g/mol. The van der Waals surface area contributed by atoms with Crippen LogP contribution in [0.3, 0.4) is 0 Å². The number of hydrogen-bond acceptors (Lipinski definition) is 5. The number of halogens is 1. The Hall–Kier alpha value is -2.05. The lowest BCUT2D eigenvalue weighted by molar-refractivity contribution is -0.0701. The van der Waals surface area contributed by atoms with Gasteiger partial charge in [0.2, 0.25) is 5.95 Å². The summed E-state index contributed by atoms with van der Waals surface area (Å²) in [7, 11) is 0. The topological polar surface area (TPSA) is 92.3 Å². The molecule has 1 aromatic carbocycles. The summed E-state index contributed by atoms with van der Waals surface area (Å²) in [5.74, 6) is -0.159. The number of rotatable bonds is 3.